The number of carboxylic acids is 1. The number of carbonyl (C=O) groups is 2. The van der Waals surface area contributed by atoms with Crippen molar-refractivity contribution in [2.45, 2.75) is 51.9 Å². The fourth-order valence-corrected chi connectivity index (χ4v) is 3.74. The Bertz CT molecular complexity index is 864. The van der Waals surface area contributed by atoms with Gasteiger partial charge in [-0.05, 0) is 78.1 Å². The molecular formula is C22H24O4. The first-order valence-corrected chi connectivity index (χ1v) is 9.03. The first kappa shape index (κ1) is 18.2. The topological polar surface area (TPSA) is 63.6 Å². The van der Waals surface area contributed by atoms with Crippen LogP contribution in [0.1, 0.15) is 71.0 Å². The molecule has 4 heteroatoms. The van der Waals surface area contributed by atoms with E-state index in [2.05, 4.69) is 13.8 Å². The number of fused-ring (bicyclic) bond motifs is 1. The minimum absolute atomic E-state index is 0.138. The lowest BCUT2D eigenvalue weighted by Gasteiger charge is -2.32. The molecule has 0 radical (unpaired) electrons. The Morgan fingerprint density at radius 2 is 1.92 bits per heavy atom. The van der Waals surface area contributed by atoms with Gasteiger partial charge in [-0.3, -0.25) is 0 Å². The van der Waals surface area contributed by atoms with Crippen LogP contribution in [0.15, 0.2) is 36.4 Å². The molecule has 0 aliphatic heterocycles. The molecular weight excluding hydrogens is 328 g/mol. The molecule has 4 nitrogen and oxygen atoms in total. The summed E-state index contributed by atoms with van der Waals surface area (Å²) in [5, 5.41) is 9.19. The number of hydrogen-bond donors (Lipinski definition) is 1. The van der Waals surface area contributed by atoms with E-state index in [4.69, 9.17) is 4.74 Å². The van der Waals surface area contributed by atoms with E-state index in [1.807, 2.05) is 25.1 Å². The summed E-state index contributed by atoms with van der Waals surface area (Å²) < 4.78 is 5.49. The second-order valence-corrected chi connectivity index (χ2v) is 7.48. The molecule has 136 valence electrons. The van der Waals surface area contributed by atoms with Crippen LogP contribution in [0.3, 0.4) is 0 Å². The Labute approximate surface area is 153 Å². The van der Waals surface area contributed by atoms with Crippen molar-refractivity contribution in [2.75, 3.05) is 0 Å². The number of benzene rings is 2. The molecule has 1 N–H and O–H groups in total. The maximum absolute atomic E-state index is 12.5. The molecule has 0 bridgehead atoms. The lowest BCUT2D eigenvalue weighted by atomic mass is 9.72. The standard InChI is InChI=1S/C22H24O4/c1-4-14-13-17(8-9-18(14)20(23)24)26-21(25)16-7-10-19-15(12-16)6-5-11-22(19,2)3/h7-10,12-13H,4-6,11H2,1-3H3,(H,23,24). The van der Waals surface area contributed by atoms with Crippen molar-refractivity contribution in [2.24, 2.45) is 0 Å². The van der Waals surface area contributed by atoms with Gasteiger partial charge in [-0.25, -0.2) is 9.59 Å². The Kier molecular flexibility index (Phi) is 4.86. The van der Waals surface area contributed by atoms with E-state index in [9.17, 15) is 14.7 Å². The first-order chi connectivity index (χ1) is 12.3. The van der Waals surface area contributed by atoms with Gasteiger partial charge in [0.25, 0.3) is 0 Å². The zero-order valence-electron chi connectivity index (χ0n) is 15.5. The predicted molar refractivity (Wildman–Crippen MR) is 100 cm³/mol. The molecule has 0 spiro atoms. The molecule has 0 heterocycles. The highest BCUT2D eigenvalue weighted by Crippen LogP contribution is 2.37. The van der Waals surface area contributed by atoms with Crippen LogP contribution in [-0.2, 0) is 18.3 Å². The van der Waals surface area contributed by atoms with Crippen molar-refractivity contribution in [1.82, 2.24) is 0 Å². The van der Waals surface area contributed by atoms with Crippen LogP contribution in [0.4, 0.5) is 0 Å². The van der Waals surface area contributed by atoms with Crippen LogP contribution in [0, 0.1) is 0 Å². The molecule has 0 atom stereocenters. The van der Waals surface area contributed by atoms with Gasteiger partial charge >= 0.3 is 11.9 Å². The van der Waals surface area contributed by atoms with Crippen LogP contribution in [0.25, 0.3) is 0 Å². The molecule has 0 saturated carbocycles. The molecule has 1 aliphatic rings. The molecule has 0 saturated heterocycles. The summed E-state index contributed by atoms with van der Waals surface area (Å²) in [6.45, 7) is 6.34. The molecule has 0 unspecified atom stereocenters. The number of carbonyl (C=O) groups excluding carboxylic acids is 1. The highest BCUT2D eigenvalue weighted by atomic mass is 16.5. The molecule has 0 amide bonds. The summed E-state index contributed by atoms with van der Waals surface area (Å²) in [5.74, 6) is -1.02. The summed E-state index contributed by atoms with van der Waals surface area (Å²) in [7, 11) is 0. The Morgan fingerprint density at radius 3 is 2.62 bits per heavy atom. The monoisotopic (exact) mass is 352 g/mol. The van der Waals surface area contributed by atoms with Crippen LogP contribution >= 0.6 is 0 Å². The second kappa shape index (κ2) is 6.94. The summed E-state index contributed by atoms with van der Waals surface area (Å²) in [4.78, 5) is 23.8. The molecule has 1 aliphatic carbocycles. The number of esters is 1. The summed E-state index contributed by atoms with van der Waals surface area (Å²) in [6, 6.07) is 10.4. The van der Waals surface area contributed by atoms with Crippen LogP contribution < -0.4 is 4.74 Å². The van der Waals surface area contributed by atoms with Crippen molar-refractivity contribution in [3.63, 3.8) is 0 Å². The lowest BCUT2D eigenvalue weighted by Crippen LogP contribution is -2.24. The quantitative estimate of drug-likeness (QED) is 0.635. The normalized spacial score (nSPS) is 15.2. The third kappa shape index (κ3) is 3.50. The van der Waals surface area contributed by atoms with Gasteiger partial charge < -0.3 is 9.84 Å². The zero-order chi connectivity index (χ0) is 18.9. The maximum atomic E-state index is 12.5. The van der Waals surface area contributed by atoms with Crippen molar-refractivity contribution >= 4 is 11.9 Å². The van der Waals surface area contributed by atoms with Crippen molar-refractivity contribution < 1.29 is 19.4 Å². The Morgan fingerprint density at radius 1 is 1.15 bits per heavy atom. The van der Waals surface area contributed by atoms with E-state index in [-0.39, 0.29) is 11.0 Å². The number of aryl methyl sites for hydroxylation is 2. The van der Waals surface area contributed by atoms with Gasteiger partial charge in [0.15, 0.2) is 0 Å². The van der Waals surface area contributed by atoms with Crippen molar-refractivity contribution in [1.29, 1.82) is 0 Å². The van der Waals surface area contributed by atoms with E-state index in [1.165, 1.54) is 23.3 Å². The summed E-state index contributed by atoms with van der Waals surface area (Å²) in [6.07, 6.45) is 3.81. The molecule has 0 fully saturated rings. The van der Waals surface area contributed by atoms with Gasteiger partial charge in [-0.15, -0.1) is 0 Å². The SMILES string of the molecule is CCc1cc(OC(=O)c2ccc3c(c2)CCCC3(C)C)ccc1C(=O)O. The Hall–Kier alpha value is -2.62. The predicted octanol–water partition coefficient (Wildman–Crippen LogP) is 4.78. The summed E-state index contributed by atoms with van der Waals surface area (Å²) in [5.41, 5.74) is 4.07. The molecule has 3 rings (SSSR count). The molecule has 2 aromatic carbocycles. The number of rotatable bonds is 4. The number of hydrogen-bond acceptors (Lipinski definition) is 3. The van der Waals surface area contributed by atoms with E-state index >= 15 is 0 Å². The molecule has 26 heavy (non-hydrogen) atoms. The number of carboxylic acid groups (broad SMARTS) is 1. The lowest BCUT2D eigenvalue weighted by molar-refractivity contribution is 0.0695. The van der Waals surface area contributed by atoms with Gasteiger partial charge in [0.1, 0.15) is 5.75 Å². The van der Waals surface area contributed by atoms with Crippen molar-refractivity contribution in [3.05, 3.63) is 64.2 Å². The van der Waals surface area contributed by atoms with Crippen LogP contribution in [0.2, 0.25) is 0 Å². The zero-order valence-corrected chi connectivity index (χ0v) is 15.5. The number of aromatic carboxylic acids is 1. The average molecular weight is 352 g/mol. The first-order valence-electron chi connectivity index (χ1n) is 9.03. The van der Waals surface area contributed by atoms with E-state index in [0.29, 0.717) is 23.3 Å². The molecule has 0 aromatic heterocycles. The van der Waals surface area contributed by atoms with Gasteiger partial charge in [-0.2, -0.15) is 0 Å². The third-order valence-corrected chi connectivity index (χ3v) is 5.22. The van der Waals surface area contributed by atoms with Gasteiger partial charge in [0, 0.05) is 0 Å². The minimum atomic E-state index is -0.975. The van der Waals surface area contributed by atoms with E-state index in [1.54, 1.807) is 6.07 Å². The molecule has 2 aromatic rings. The highest BCUT2D eigenvalue weighted by molar-refractivity contribution is 5.92. The highest BCUT2D eigenvalue weighted by Gasteiger charge is 2.28. The Balaban J connectivity index is 1.84. The minimum Gasteiger partial charge on any atom is -0.478 e. The van der Waals surface area contributed by atoms with Crippen LogP contribution in [-0.4, -0.2) is 17.0 Å². The van der Waals surface area contributed by atoms with Crippen molar-refractivity contribution in [3.8, 4) is 5.75 Å². The number of ether oxygens (including phenoxy) is 1. The van der Waals surface area contributed by atoms with Crippen LogP contribution in [0.5, 0.6) is 5.75 Å². The fourth-order valence-electron chi connectivity index (χ4n) is 3.74. The smallest absolute Gasteiger partial charge is 0.343 e. The van der Waals surface area contributed by atoms with Gasteiger partial charge in [0.2, 0.25) is 0 Å². The maximum Gasteiger partial charge on any atom is 0.343 e. The van der Waals surface area contributed by atoms with Gasteiger partial charge in [-0.1, -0.05) is 26.8 Å². The van der Waals surface area contributed by atoms with E-state index in [0.717, 1.165) is 19.3 Å². The average Bonchev–Trinajstić information content (AvgIpc) is 2.60. The fraction of sp³-hybridized carbons (Fsp3) is 0.364. The third-order valence-electron chi connectivity index (χ3n) is 5.22. The largest absolute Gasteiger partial charge is 0.478 e. The summed E-state index contributed by atoms with van der Waals surface area (Å²) >= 11 is 0. The van der Waals surface area contributed by atoms with E-state index < -0.39 is 11.9 Å². The van der Waals surface area contributed by atoms with Gasteiger partial charge in [0.05, 0.1) is 11.1 Å². The second-order valence-electron chi connectivity index (χ2n) is 7.48.